The number of nitrogens with one attached hydrogen (secondary N) is 1. The molecule has 1 aromatic rings. The minimum Gasteiger partial charge on any atom is -0.397 e. The summed E-state index contributed by atoms with van der Waals surface area (Å²) in [6.07, 6.45) is 3.47. The fraction of sp³-hybridized carbons (Fsp3) is 0.500. The van der Waals surface area contributed by atoms with Crippen LogP contribution >= 0.6 is 0 Å². The molecule has 2 atom stereocenters. The first-order chi connectivity index (χ1) is 8.74. The van der Waals surface area contributed by atoms with Gasteiger partial charge in [-0.1, -0.05) is 6.42 Å². The predicted octanol–water partition coefficient (Wildman–Crippen LogP) is 1.96. The summed E-state index contributed by atoms with van der Waals surface area (Å²) in [5.41, 5.74) is 7.94. The summed E-state index contributed by atoms with van der Waals surface area (Å²) in [4.78, 5) is 0. The van der Waals surface area contributed by atoms with E-state index in [9.17, 15) is 5.11 Å². The number of rotatable bonds is 4. The normalized spacial score (nSPS) is 22.7. The number of aliphatic hydroxyl groups excluding tert-OH is 1. The lowest BCUT2D eigenvalue weighted by atomic mass is 9.97. The van der Waals surface area contributed by atoms with Gasteiger partial charge in [-0.3, -0.25) is 0 Å². The highest BCUT2D eigenvalue weighted by Gasteiger charge is 2.26. The maximum atomic E-state index is 9.27. The number of hydrogen-bond donors (Lipinski definition) is 3. The second kappa shape index (κ2) is 5.74. The van der Waals surface area contributed by atoms with Crippen LogP contribution in [-0.2, 0) is 0 Å². The Morgan fingerprint density at radius 1 is 1.39 bits per heavy atom. The second-order valence-electron chi connectivity index (χ2n) is 4.93. The Morgan fingerprint density at radius 3 is 2.83 bits per heavy atom. The highest BCUT2D eigenvalue weighted by Crippen LogP contribution is 2.32. The van der Waals surface area contributed by atoms with Crippen molar-refractivity contribution in [3.63, 3.8) is 0 Å². The van der Waals surface area contributed by atoms with Gasteiger partial charge in [-0.2, -0.15) is 5.26 Å². The molecule has 4 N–H and O–H groups in total. The van der Waals surface area contributed by atoms with E-state index in [1.807, 2.05) is 6.07 Å². The average Bonchev–Trinajstić information content (AvgIpc) is 2.84. The first kappa shape index (κ1) is 12.7. The van der Waals surface area contributed by atoms with Crippen molar-refractivity contribution >= 4 is 11.4 Å². The Bertz CT molecular complexity index is 453. The fourth-order valence-corrected chi connectivity index (χ4v) is 2.66. The fourth-order valence-electron chi connectivity index (χ4n) is 2.66. The molecule has 2 rings (SSSR count). The van der Waals surface area contributed by atoms with Crippen LogP contribution in [0.1, 0.15) is 24.8 Å². The molecular weight excluding hydrogens is 226 g/mol. The van der Waals surface area contributed by atoms with E-state index in [2.05, 4.69) is 11.4 Å². The summed E-state index contributed by atoms with van der Waals surface area (Å²) in [7, 11) is 0. The third kappa shape index (κ3) is 2.74. The van der Waals surface area contributed by atoms with Gasteiger partial charge in [0.25, 0.3) is 0 Å². The molecule has 0 aliphatic heterocycles. The molecule has 96 valence electrons. The lowest BCUT2D eigenvalue weighted by Crippen LogP contribution is -2.21. The Kier molecular flexibility index (Phi) is 4.06. The minimum atomic E-state index is 0.273. The third-order valence-corrected chi connectivity index (χ3v) is 3.79. The van der Waals surface area contributed by atoms with Crippen LogP contribution in [0.25, 0.3) is 0 Å². The van der Waals surface area contributed by atoms with Crippen LogP contribution in [0.3, 0.4) is 0 Å². The van der Waals surface area contributed by atoms with Gasteiger partial charge in [-0.05, 0) is 42.9 Å². The predicted molar refractivity (Wildman–Crippen MR) is 72.0 cm³/mol. The van der Waals surface area contributed by atoms with E-state index < -0.39 is 0 Å². The molecule has 4 heteroatoms. The lowest BCUT2D eigenvalue weighted by molar-refractivity contribution is 0.199. The first-order valence-corrected chi connectivity index (χ1v) is 6.39. The topological polar surface area (TPSA) is 82.1 Å². The van der Waals surface area contributed by atoms with E-state index in [1.54, 1.807) is 12.1 Å². The van der Waals surface area contributed by atoms with Crippen LogP contribution in [0.5, 0.6) is 0 Å². The second-order valence-corrected chi connectivity index (χ2v) is 4.93. The van der Waals surface area contributed by atoms with Crippen LogP contribution in [0.4, 0.5) is 11.4 Å². The maximum Gasteiger partial charge on any atom is 0.0992 e. The van der Waals surface area contributed by atoms with Gasteiger partial charge < -0.3 is 16.2 Å². The molecule has 2 unspecified atom stereocenters. The van der Waals surface area contributed by atoms with Gasteiger partial charge >= 0.3 is 0 Å². The maximum absolute atomic E-state index is 9.27. The summed E-state index contributed by atoms with van der Waals surface area (Å²) in [6, 6.07) is 7.35. The van der Waals surface area contributed by atoms with Crippen molar-refractivity contribution in [1.29, 1.82) is 5.26 Å². The summed E-state index contributed by atoms with van der Waals surface area (Å²) in [6.45, 7) is 1.11. The number of nitrogen functional groups attached to an aromatic ring is 1. The molecule has 0 heterocycles. The van der Waals surface area contributed by atoms with Gasteiger partial charge in [-0.25, -0.2) is 0 Å². The smallest absolute Gasteiger partial charge is 0.0992 e. The average molecular weight is 245 g/mol. The number of benzene rings is 1. The summed E-state index contributed by atoms with van der Waals surface area (Å²) in [5, 5.41) is 21.4. The Hall–Kier alpha value is -1.73. The van der Waals surface area contributed by atoms with Gasteiger partial charge in [0.05, 0.1) is 23.0 Å². The highest BCUT2D eigenvalue weighted by atomic mass is 16.3. The molecule has 18 heavy (non-hydrogen) atoms. The highest BCUT2D eigenvalue weighted by molar-refractivity contribution is 5.68. The molecule has 0 radical (unpaired) electrons. The summed E-state index contributed by atoms with van der Waals surface area (Å²) >= 11 is 0. The third-order valence-electron chi connectivity index (χ3n) is 3.79. The Balaban J connectivity index is 1.96. The molecule has 1 aliphatic carbocycles. The van der Waals surface area contributed by atoms with Gasteiger partial charge in [0, 0.05) is 13.2 Å². The number of nitriles is 1. The van der Waals surface area contributed by atoms with Crippen LogP contribution < -0.4 is 11.1 Å². The molecule has 0 aromatic heterocycles. The molecule has 0 amide bonds. The van der Waals surface area contributed by atoms with Crippen LogP contribution in [-0.4, -0.2) is 18.3 Å². The van der Waals surface area contributed by atoms with Gasteiger partial charge in [-0.15, -0.1) is 0 Å². The van der Waals surface area contributed by atoms with E-state index in [1.165, 1.54) is 6.42 Å². The van der Waals surface area contributed by atoms with Crippen molar-refractivity contribution in [3.8, 4) is 6.07 Å². The van der Waals surface area contributed by atoms with Crippen molar-refractivity contribution in [2.24, 2.45) is 11.8 Å². The van der Waals surface area contributed by atoms with E-state index in [4.69, 9.17) is 11.0 Å². The van der Waals surface area contributed by atoms with Gasteiger partial charge in [0.2, 0.25) is 0 Å². The number of anilines is 2. The van der Waals surface area contributed by atoms with Crippen molar-refractivity contribution in [3.05, 3.63) is 23.8 Å². The van der Waals surface area contributed by atoms with E-state index in [-0.39, 0.29) is 6.61 Å². The minimum absolute atomic E-state index is 0.273. The molecule has 1 fully saturated rings. The summed E-state index contributed by atoms with van der Waals surface area (Å²) in [5.74, 6) is 0.933. The molecular formula is C14H19N3O. The molecule has 1 saturated carbocycles. The van der Waals surface area contributed by atoms with Crippen LogP contribution in [0, 0.1) is 23.2 Å². The van der Waals surface area contributed by atoms with Gasteiger partial charge in [0.1, 0.15) is 0 Å². The number of nitrogens with two attached hydrogens (primary N) is 1. The SMILES string of the molecule is N#Cc1ccc(NCC2CCCC2CO)c(N)c1. The number of nitrogens with zero attached hydrogens (tertiary/aromatic N) is 1. The molecule has 4 nitrogen and oxygen atoms in total. The number of hydrogen-bond acceptors (Lipinski definition) is 4. The van der Waals surface area contributed by atoms with Crippen LogP contribution in [0.2, 0.25) is 0 Å². The molecule has 1 aliphatic rings. The quantitative estimate of drug-likeness (QED) is 0.708. The van der Waals surface area contributed by atoms with Gasteiger partial charge in [0.15, 0.2) is 0 Å². The van der Waals surface area contributed by atoms with E-state index >= 15 is 0 Å². The zero-order chi connectivity index (χ0) is 13.0. The first-order valence-electron chi connectivity index (χ1n) is 6.39. The lowest BCUT2D eigenvalue weighted by Gasteiger charge is -2.19. The molecule has 0 spiro atoms. The summed E-state index contributed by atoms with van der Waals surface area (Å²) < 4.78 is 0. The largest absolute Gasteiger partial charge is 0.397 e. The van der Waals surface area contributed by atoms with E-state index in [0.717, 1.165) is 25.1 Å². The van der Waals surface area contributed by atoms with Crippen molar-refractivity contribution in [2.45, 2.75) is 19.3 Å². The molecule has 0 bridgehead atoms. The van der Waals surface area contributed by atoms with E-state index in [0.29, 0.717) is 23.1 Å². The van der Waals surface area contributed by atoms with Crippen LogP contribution in [0.15, 0.2) is 18.2 Å². The monoisotopic (exact) mass is 245 g/mol. The molecule has 0 saturated heterocycles. The van der Waals surface area contributed by atoms with Crippen molar-refractivity contribution < 1.29 is 5.11 Å². The standard InChI is InChI=1S/C14H19N3O/c15-7-10-4-5-14(13(16)6-10)17-8-11-2-1-3-12(11)9-18/h4-6,11-12,17-18H,1-3,8-9,16H2. The zero-order valence-corrected chi connectivity index (χ0v) is 10.4. The van der Waals surface area contributed by atoms with Crippen molar-refractivity contribution in [1.82, 2.24) is 0 Å². The Labute approximate surface area is 107 Å². The zero-order valence-electron chi connectivity index (χ0n) is 10.4. The van der Waals surface area contributed by atoms with Crippen molar-refractivity contribution in [2.75, 3.05) is 24.2 Å². The number of aliphatic hydroxyl groups is 1. The Morgan fingerprint density at radius 2 is 2.17 bits per heavy atom. The molecule has 1 aromatic carbocycles.